The molecule has 0 spiro atoms. The largest absolute Gasteiger partial charge is 0.306 e. The van der Waals surface area contributed by atoms with Gasteiger partial charge in [-0.25, -0.2) is 4.98 Å². The number of nitro benzene ring substituents is 2. The van der Waals surface area contributed by atoms with Gasteiger partial charge in [0.25, 0.3) is 16.9 Å². The quantitative estimate of drug-likeness (QED) is 0.499. The Balaban J connectivity index is 1.62. The summed E-state index contributed by atoms with van der Waals surface area (Å²) >= 11 is 0. The predicted molar refractivity (Wildman–Crippen MR) is 106 cm³/mol. The van der Waals surface area contributed by atoms with E-state index < -0.39 is 9.85 Å². The van der Waals surface area contributed by atoms with Gasteiger partial charge in [-0.15, -0.1) is 0 Å². The van der Waals surface area contributed by atoms with Crippen molar-refractivity contribution in [2.45, 2.75) is 19.5 Å². The zero-order valence-corrected chi connectivity index (χ0v) is 15.6. The third kappa shape index (κ3) is 3.78. The van der Waals surface area contributed by atoms with Gasteiger partial charge in [-0.1, -0.05) is 0 Å². The van der Waals surface area contributed by atoms with Crippen LogP contribution in [-0.4, -0.2) is 36.2 Å². The standard InChI is InChI=1S/C19H16N6O5/c26-19-15-5-7-23(10-13-3-4-14(24(27)28)8-17(13)25(29)30)11-16(15)21-18(22-19)12-2-1-6-20-9-12/h1-4,6,8-9H,5,7,10-11H2,(H,21,22,26). The minimum Gasteiger partial charge on any atom is -0.306 e. The highest BCUT2D eigenvalue weighted by atomic mass is 16.6. The second-order valence-electron chi connectivity index (χ2n) is 6.87. The summed E-state index contributed by atoms with van der Waals surface area (Å²) in [5.74, 6) is 0.412. The lowest BCUT2D eigenvalue weighted by Gasteiger charge is -2.27. The molecule has 0 saturated heterocycles. The molecule has 0 amide bonds. The Kier molecular flexibility index (Phi) is 5.02. The molecule has 0 aliphatic carbocycles. The number of pyridine rings is 1. The molecule has 3 heterocycles. The summed E-state index contributed by atoms with van der Waals surface area (Å²) in [5, 5.41) is 22.3. The maximum atomic E-state index is 12.5. The Morgan fingerprint density at radius 1 is 1.17 bits per heavy atom. The van der Waals surface area contributed by atoms with Crippen LogP contribution in [0, 0.1) is 20.2 Å². The van der Waals surface area contributed by atoms with Gasteiger partial charge in [0.1, 0.15) is 5.82 Å². The summed E-state index contributed by atoms with van der Waals surface area (Å²) in [5.41, 5.74) is 1.41. The number of hydrogen-bond acceptors (Lipinski definition) is 8. The third-order valence-electron chi connectivity index (χ3n) is 4.96. The second kappa shape index (κ2) is 7.79. The van der Waals surface area contributed by atoms with Crippen LogP contribution in [0.2, 0.25) is 0 Å². The van der Waals surface area contributed by atoms with Gasteiger partial charge in [0.2, 0.25) is 0 Å². The van der Waals surface area contributed by atoms with E-state index in [1.54, 1.807) is 24.5 Å². The molecule has 11 heteroatoms. The van der Waals surface area contributed by atoms with Gasteiger partial charge < -0.3 is 4.98 Å². The van der Waals surface area contributed by atoms with Gasteiger partial charge in [-0.05, 0) is 24.6 Å². The molecule has 152 valence electrons. The Morgan fingerprint density at radius 2 is 2.00 bits per heavy atom. The van der Waals surface area contributed by atoms with Gasteiger partial charge in [0, 0.05) is 54.8 Å². The lowest BCUT2D eigenvalue weighted by Crippen LogP contribution is -2.35. The number of aromatic amines is 1. The third-order valence-corrected chi connectivity index (χ3v) is 4.96. The minimum absolute atomic E-state index is 0.209. The van der Waals surface area contributed by atoms with E-state index in [9.17, 15) is 25.0 Å². The average Bonchev–Trinajstić information content (AvgIpc) is 2.74. The van der Waals surface area contributed by atoms with Crippen molar-refractivity contribution < 1.29 is 9.85 Å². The summed E-state index contributed by atoms with van der Waals surface area (Å²) in [4.78, 5) is 46.8. The van der Waals surface area contributed by atoms with Gasteiger partial charge in [0.15, 0.2) is 0 Å². The molecule has 4 rings (SSSR count). The summed E-state index contributed by atoms with van der Waals surface area (Å²) < 4.78 is 0. The van der Waals surface area contributed by atoms with E-state index in [-0.39, 0.29) is 23.5 Å². The first-order valence-electron chi connectivity index (χ1n) is 9.09. The number of H-pyrrole nitrogens is 1. The van der Waals surface area contributed by atoms with E-state index in [1.807, 2.05) is 4.90 Å². The molecule has 1 aliphatic heterocycles. The molecule has 0 unspecified atom stereocenters. The monoisotopic (exact) mass is 408 g/mol. The smallest absolute Gasteiger partial charge is 0.280 e. The molecule has 0 atom stereocenters. The molecule has 0 bridgehead atoms. The maximum absolute atomic E-state index is 12.5. The van der Waals surface area contributed by atoms with E-state index in [0.29, 0.717) is 47.7 Å². The molecule has 2 aromatic heterocycles. The number of nitro groups is 2. The zero-order chi connectivity index (χ0) is 21.3. The van der Waals surface area contributed by atoms with Crippen molar-refractivity contribution in [1.82, 2.24) is 19.9 Å². The van der Waals surface area contributed by atoms with Gasteiger partial charge in [0.05, 0.1) is 21.6 Å². The number of nitrogens with zero attached hydrogens (tertiary/aromatic N) is 5. The maximum Gasteiger partial charge on any atom is 0.280 e. The van der Waals surface area contributed by atoms with Crippen LogP contribution in [0.4, 0.5) is 11.4 Å². The summed E-state index contributed by atoms with van der Waals surface area (Å²) in [6.07, 6.45) is 3.68. The summed E-state index contributed by atoms with van der Waals surface area (Å²) in [6.45, 7) is 1.06. The molecule has 11 nitrogen and oxygen atoms in total. The lowest BCUT2D eigenvalue weighted by molar-refractivity contribution is -0.394. The van der Waals surface area contributed by atoms with Crippen molar-refractivity contribution in [3.05, 3.63) is 90.1 Å². The zero-order valence-electron chi connectivity index (χ0n) is 15.6. The fourth-order valence-electron chi connectivity index (χ4n) is 3.48. The first-order valence-corrected chi connectivity index (χ1v) is 9.09. The Labute approximate surface area is 169 Å². The van der Waals surface area contributed by atoms with Gasteiger partial charge >= 0.3 is 0 Å². The first kappa shape index (κ1) is 19.3. The van der Waals surface area contributed by atoms with E-state index in [0.717, 1.165) is 6.07 Å². The highest BCUT2D eigenvalue weighted by molar-refractivity contribution is 5.53. The van der Waals surface area contributed by atoms with Crippen molar-refractivity contribution >= 4 is 11.4 Å². The number of fused-ring (bicyclic) bond motifs is 1. The number of nitrogens with one attached hydrogen (secondary N) is 1. The molecule has 30 heavy (non-hydrogen) atoms. The molecular formula is C19H16N6O5. The van der Waals surface area contributed by atoms with Crippen molar-refractivity contribution in [2.75, 3.05) is 6.54 Å². The minimum atomic E-state index is -0.663. The number of non-ortho nitro benzene ring substituents is 1. The molecule has 3 aromatic rings. The van der Waals surface area contributed by atoms with Crippen LogP contribution < -0.4 is 5.56 Å². The van der Waals surface area contributed by atoms with E-state index >= 15 is 0 Å². The molecule has 1 aromatic carbocycles. The molecular weight excluding hydrogens is 392 g/mol. The van der Waals surface area contributed by atoms with Crippen LogP contribution in [0.25, 0.3) is 11.4 Å². The normalized spacial score (nSPS) is 13.6. The van der Waals surface area contributed by atoms with Crippen molar-refractivity contribution in [3.8, 4) is 11.4 Å². The predicted octanol–water partition coefficient (Wildman–Crippen LogP) is 2.21. The van der Waals surface area contributed by atoms with Crippen molar-refractivity contribution in [1.29, 1.82) is 0 Å². The Bertz CT molecular complexity index is 1190. The van der Waals surface area contributed by atoms with E-state index in [4.69, 9.17) is 0 Å². The number of benzene rings is 1. The Hall–Kier alpha value is -3.99. The number of aromatic nitrogens is 3. The lowest BCUT2D eigenvalue weighted by atomic mass is 10.0. The molecule has 0 fully saturated rings. The average molecular weight is 408 g/mol. The summed E-state index contributed by atoms with van der Waals surface area (Å²) in [7, 11) is 0. The first-order chi connectivity index (χ1) is 14.4. The van der Waals surface area contributed by atoms with Crippen LogP contribution >= 0.6 is 0 Å². The van der Waals surface area contributed by atoms with E-state index in [1.165, 1.54) is 12.1 Å². The van der Waals surface area contributed by atoms with Gasteiger partial charge in [-0.3, -0.25) is 34.9 Å². The van der Waals surface area contributed by atoms with Crippen LogP contribution in [0.5, 0.6) is 0 Å². The number of rotatable bonds is 5. The molecule has 1 aliphatic rings. The highest BCUT2D eigenvalue weighted by Gasteiger charge is 2.25. The van der Waals surface area contributed by atoms with Crippen LogP contribution in [0.1, 0.15) is 16.8 Å². The van der Waals surface area contributed by atoms with Crippen LogP contribution in [-0.2, 0) is 19.5 Å². The topological polar surface area (TPSA) is 148 Å². The van der Waals surface area contributed by atoms with Crippen LogP contribution in [0.3, 0.4) is 0 Å². The Morgan fingerprint density at radius 3 is 2.70 bits per heavy atom. The molecule has 0 radical (unpaired) electrons. The van der Waals surface area contributed by atoms with E-state index in [2.05, 4.69) is 15.0 Å². The molecule has 1 N–H and O–H groups in total. The van der Waals surface area contributed by atoms with Crippen molar-refractivity contribution in [3.63, 3.8) is 0 Å². The van der Waals surface area contributed by atoms with Crippen molar-refractivity contribution in [2.24, 2.45) is 0 Å². The fourth-order valence-corrected chi connectivity index (χ4v) is 3.48. The fraction of sp³-hybridized carbons (Fsp3) is 0.211. The second-order valence-corrected chi connectivity index (χ2v) is 6.87. The van der Waals surface area contributed by atoms with Crippen LogP contribution in [0.15, 0.2) is 47.5 Å². The molecule has 0 saturated carbocycles. The SMILES string of the molecule is O=c1[nH]c(-c2cccnc2)nc2c1CCN(Cc1ccc([N+](=O)[O-])cc1[N+](=O)[O-])C2. The summed E-state index contributed by atoms with van der Waals surface area (Å²) in [6, 6.07) is 7.16. The number of hydrogen-bond donors (Lipinski definition) is 1. The highest BCUT2D eigenvalue weighted by Crippen LogP contribution is 2.27. The van der Waals surface area contributed by atoms with Gasteiger partial charge in [-0.2, -0.15) is 0 Å².